The zero-order chi connectivity index (χ0) is 25.2. The van der Waals surface area contributed by atoms with Gasteiger partial charge in [0.05, 0.1) is 24.0 Å². The van der Waals surface area contributed by atoms with Crippen molar-refractivity contribution in [2.75, 3.05) is 13.2 Å². The predicted molar refractivity (Wildman–Crippen MR) is 139 cm³/mol. The normalized spacial score (nSPS) is 19.3. The van der Waals surface area contributed by atoms with Gasteiger partial charge in [0, 0.05) is 34.0 Å². The standard InChI is InChI=1S/C28H23BrN4O3/c1-18-24(27(34)32(28(35)25(18)15-30)17-23-8-5-13-36-23)14-20-16-33(22-6-3-2-4-7-22)31-26(20)19-9-11-21(29)12-10-19/h2-4,6-7,9-12,14,16,23H,5,8,13,17H2,1H3/b24-14+. The fourth-order valence-corrected chi connectivity index (χ4v) is 4.75. The van der Waals surface area contributed by atoms with E-state index >= 15 is 0 Å². The maximum Gasteiger partial charge on any atom is 0.271 e. The summed E-state index contributed by atoms with van der Waals surface area (Å²) in [6, 6.07) is 19.5. The first-order valence-electron chi connectivity index (χ1n) is 11.7. The van der Waals surface area contributed by atoms with Crippen LogP contribution in [-0.4, -0.2) is 45.8 Å². The molecule has 36 heavy (non-hydrogen) atoms. The van der Waals surface area contributed by atoms with Gasteiger partial charge in [-0.2, -0.15) is 10.4 Å². The molecule has 0 radical (unpaired) electrons. The molecule has 0 spiro atoms. The second-order valence-corrected chi connectivity index (χ2v) is 9.66. The Morgan fingerprint density at radius 3 is 2.56 bits per heavy atom. The Morgan fingerprint density at radius 2 is 1.89 bits per heavy atom. The Bertz CT molecular complexity index is 1430. The molecule has 1 saturated heterocycles. The molecule has 1 fully saturated rings. The van der Waals surface area contributed by atoms with Crippen LogP contribution >= 0.6 is 15.9 Å². The molecule has 0 N–H and O–H groups in total. The number of aromatic nitrogens is 2. The van der Waals surface area contributed by atoms with Crippen molar-refractivity contribution in [3.8, 4) is 23.0 Å². The lowest BCUT2D eigenvalue weighted by molar-refractivity contribution is -0.142. The highest BCUT2D eigenvalue weighted by Crippen LogP contribution is 2.32. The number of nitriles is 1. The van der Waals surface area contributed by atoms with E-state index in [1.54, 1.807) is 17.7 Å². The molecule has 0 aliphatic carbocycles. The quantitative estimate of drug-likeness (QED) is 0.331. The third-order valence-corrected chi connectivity index (χ3v) is 6.95. The third kappa shape index (κ3) is 4.55. The fourth-order valence-electron chi connectivity index (χ4n) is 4.48. The summed E-state index contributed by atoms with van der Waals surface area (Å²) in [5.74, 6) is -0.998. The lowest BCUT2D eigenvalue weighted by Gasteiger charge is -2.29. The van der Waals surface area contributed by atoms with Gasteiger partial charge in [0.1, 0.15) is 11.6 Å². The average Bonchev–Trinajstić information content (AvgIpc) is 3.56. The predicted octanol–water partition coefficient (Wildman–Crippen LogP) is 5.07. The molecule has 1 unspecified atom stereocenters. The molecule has 1 aromatic heterocycles. The maximum atomic E-state index is 13.6. The first kappa shape index (κ1) is 23.9. The van der Waals surface area contributed by atoms with Crippen LogP contribution < -0.4 is 0 Å². The Kier molecular flexibility index (Phi) is 6.68. The van der Waals surface area contributed by atoms with Crippen LogP contribution in [-0.2, 0) is 14.3 Å². The van der Waals surface area contributed by atoms with Crippen LogP contribution in [0.3, 0.4) is 0 Å². The Hall–Kier alpha value is -3.80. The molecule has 0 saturated carbocycles. The maximum absolute atomic E-state index is 13.6. The number of carbonyl (C=O) groups excluding carboxylic acids is 2. The van der Waals surface area contributed by atoms with Crippen LogP contribution in [0.4, 0.5) is 0 Å². The number of halogens is 1. The highest BCUT2D eigenvalue weighted by molar-refractivity contribution is 9.10. The van der Waals surface area contributed by atoms with E-state index in [2.05, 4.69) is 15.9 Å². The largest absolute Gasteiger partial charge is 0.376 e. The Morgan fingerprint density at radius 1 is 1.14 bits per heavy atom. The van der Waals surface area contributed by atoms with E-state index in [-0.39, 0.29) is 18.2 Å². The van der Waals surface area contributed by atoms with Crippen molar-refractivity contribution in [3.63, 3.8) is 0 Å². The van der Waals surface area contributed by atoms with Crippen molar-refractivity contribution in [2.24, 2.45) is 0 Å². The number of para-hydroxylation sites is 1. The van der Waals surface area contributed by atoms with Crippen LogP contribution in [0.15, 0.2) is 82.0 Å². The molecular formula is C28H23BrN4O3. The van der Waals surface area contributed by atoms with Crippen LogP contribution in [0.1, 0.15) is 25.3 Å². The minimum absolute atomic E-state index is 0.0283. The third-order valence-electron chi connectivity index (χ3n) is 6.42. The summed E-state index contributed by atoms with van der Waals surface area (Å²) in [6.45, 7) is 2.39. The van der Waals surface area contributed by atoms with Crippen molar-refractivity contribution >= 4 is 33.8 Å². The van der Waals surface area contributed by atoms with E-state index in [0.717, 1.165) is 33.5 Å². The zero-order valence-corrected chi connectivity index (χ0v) is 21.2. The van der Waals surface area contributed by atoms with Gasteiger partial charge in [-0.3, -0.25) is 14.5 Å². The molecule has 3 aromatic rings. The fraction of sp³-hybridized carbons (Fsp3) is 0.214. The second kappa shape index (κ2) is 10.1. The molecule has 2 aliphatic heterocycles. The van der Waals surface area contributed by atoms with Crippen LogP contribution in [0, 0.1) is 11.3 Å². The number of hydrogen-bond donors (Lipinski definition) is 0. The van der Waals surface area contributed by atoms with E-state index in [1.807, 2.05) is 66.9 Å². The lowest BCUT2D eigenvalue weighted by Crippen LogP contribution is -2.46. The number of hydrogen-bond acceptors (Lipinski definition) is 5. The van der Waals surface area contributed by atoms with Gasteiger partial charge in [0.25, 0.3) is 11.8 Å². The zero-order valence-electron chi connectivity index (χ0n) is 19.6. The minimum Gasteiger partial charge on any atom is -0.376 e. The van der Waals surface area contributed by atoms with Gasteiger partial charge < -0.3 is 4.74 Å². The molecule has 5 rings (SSSR count). The Labute approximate surface area is 217 Å². The van der Waals surface area contributed by atoms with E-state index < -0.39 is 11.8 Å². The van der Waals surface area contributed by atoms with Gasteiger partial charge in [-0.05, 0) is 55.7 Å². The van der Waals surface area contributed by atoms with Gasteiger partial charge in [0.2, 0.25) is 0 Å². The van der Waals surface area contributed by atoms with E-state index in [4.69, 9.17) is 9.84 Å². The monoisotopic (exact) mass is 542 g/mol. The number of amides is 2. The molecule has 0 bridgehead atoms. The molecule has 1 atom stereocenters. The van der Waals surface area contributed by atoms with Gasteiger partial charge in [0.15, 0.2) is 0 Å². The van der Waals surface area contributed by atoms with Crippen LogP contribution in [0.5, 0.6) is 0 Å². The molecule has 2 aromatic carbocycles. The Balaban J connectivity index is 1.63. The van der Waals surface area contributed by atoms with Gasteiger partial charge in [-0.1, -0.05) is 46.3 Å². The molecule has 180 valence electrons. The highest BCUT2D eigenvalue weighted by Gasteiger charge is 2.37. The first-order valence-corrected chi connectivity index (χ1v) is 12.5. The number of carbonyl (C=O) groups is 2. The number of benzene rings is 2. The van der Waals surface area contributed by atoms with E-state index in [0.29, 0.717) is 29.0 Å². The minimum atomic E-state index is -0.569. The summed E-state index contributed by atoms with van der Waals surface area (Å²) in [7, 11) is 0. The lowest BCUT2D eigenvalue weighted by atomic mass is 9.93. The number of rotatable bonds is 5. The van der Waals surface area contributed by atoms with E-state index in [9.17, 15) is 14.9 Å². The van der Waals surface area contributed by atoms with Crippen LogP contribution in [0.25, 0.3) is 23.0 Å². The molecular weight excluding hydrogens is 520 g/mol. The average molecular weight is 543 g/mol. The topological polar surface area (TPSA) is 88.2 Å². The molecule has 8 heteroatoms. The van der Waals surface area contributed by atoms with Gasteiger partial charge >= 0.3 is 0 Å². The molecule has 7 nitrogen and oxygen atoms in total. The summed E-state index contributed by atoms with van der Waals surface area (Å²) in [4.78, 5) is 27.7. The van der Waals surface area contributed by atoms with Crippen molar-refractivity contribution < 1.29 is 14.3 Å². The van der Waals surface area contributed by atoms with Gasteiger partial charge in [-0.15, -0.1) is 0 Å². The highest BCUT2D eigenvalue weighted by atomic mass is 79.9. The second-order valence-electron chi connectivity index (χ2n) is 8.75. The van der Waals surface area contributed by atoms with Crippen molar-refractivity contribution in [3.05, 3.63) is 87.5 Å². The SMILES string of the molecule is CC1=C(C#N)C(=O)N(CC2CCCO2)C(=O)/C1=C/c1cn(-c2ccccc2)nc1-c1ccc(Br)cc1. The summed E-state index contributed by atoms with van der Waals surface area (Å²) < 4.78 is 8.36. The smallest absolute Gasteiger partial charge is 0.271 e. The molecule has 2 aliphatic rings. The summed E-state index contributed by atoms with van der Waals surface area (Å²) in [5.41, 5.74) is 3.76. The number of ether oxygens (including phenoxy) is 1. The summed E-state index contributed by atoms with van der Waals surface area (Å²) in [5, 5.41) is 14.6. The van der Waals surface area contributed by atoms with Gasteiger partial charge in [-0.25, -0.2) is 4.68 Å². The van der Waals surface area contributed by atoms with E-state index in [1.165, 1.54) is 0 Å². The van der Waals surface area contributed by atoms with Crippen molar-refractivity contribution in [1.82, 2.24) is 14.7 Å². The molecule has 2 amide bonds. The van der Waals surface area contributed by atoms with Crippen LogP contribution in [0.2, 0.25) is 0 Å². The van der Waals surface area contributed by atoms with Crippen molar-refractivity contribution in [2.45, 2.75) is 25.9 Å². The summed E-state index contributed by atoms with van der Waals surface area (Å²) in [6.07, 6.45) is 5.04. The van der Waals surface area contributed by atoms with Crippen molar-refractivity contribution in [1.29, 1.82) is 5.26 Å². The molecule has 3 heterocycles. The number of imide groups is 1. The summed E-state index contributed by atoms with van der Waals surface area (Å²) >= 11 is 3.47. The first-order chi connectivity index (χ1) is 17.5. The number of nitrogens with zero attached hydrogens (tertiary/aromatic N) is 4.